The zero-order valence-corrected chi connectivity index (χ0v) is 7.69. The second kappa shape index (κ2) is 4.73. The predicted molar refractivity (Wildman–Crippen MR) is 48.8 cm³/mol. The molecule has 0 unspecified atom stereocenters. The Kier molecular flexibility index (Phi) is 3.87. The van der Waals surface area contributed by atoms with Crippen LogP contribution in [0.5, 0.6) is 0 Å². The molecule has 1 saturated heterocycles. The molecule has 2 heteroatoms. The lowest BCUT2D eigenvalue weighted by atomic mass is 10.1. The zero-order chi connectivity index (χ0) is 8.10. The molecule has 1 fully saturated rings. The zero-order valence-electron chi connectivity index (χ0n) is 7.69. The van der Waals surface area contributed by atoms with Gasteiger partial charge in [0.1, 0.15) is 0 Å². The molecule has 11 heavy (non-hydrogen) atoms. The fourth-order valence-corrected chi connectivity index (χ4v) is 1.48. The first-order valence-electron chi connectivity index (χ1n) is 4.76. The molecule has 0 spiro atoms. The Morgan fingerprint density at radius 2 is 2.27 bits per heavy atom. The molecule has 0 aromatic heterocycles. The van der Waals surface area contributed by atoms with E-state index in [9.17, 15) is 0 Å². The van der Waals surface area contributed by atoms with Gasteiger partial charge in [0.05, 0.1) is 0 Å². The number of hydrogen-bond acceptors (Lipinski definition) is 2. The predicted octanol–water partition coefficient (Wildman–Crippen LogP) is 1.13. The number of hydrogen-bond donors (Lipinski definition) is 2. The van der Waals surface area contributed by atoms with Crippen LogP contribution in [0.4, 0.5) is 0 Å². The summed E-state index contributed by atoms with van der Waals surface area (Å²) in [6.45, 7) is 6.74. The quantitative estimate of drug-likeness (QED) is 0.640. The minimum atomic E-state index is 0.624. The van der Waals surface area contributed by atoms with Gasteiger partial charge in [-0.25, -0.2) is 0 Å². The van der Waals surface area contributed by atoms with Crippen LogP contribution >= 0.6 is 0 Å². The Bertz CT molecular complexity index is 95.7. The molecule has 2 nitrogen and oxygen atoms in total. The Hall–Kier alpha value is -0.0800. The first-order chi connectivity index (χ1) is 5.29. The van der Waals surface area contributed by atoms with Crippen LogP contribution in [0, 0.1) is 0 Å². The van der Waals surface area contributed by atoms with E-state index < -0.39 is 0 Å². The second-order valence-corrected chi connectivity index (χ2v) is 3.71. The van der Waals surface area contributed by atoms with Gasteiger partial charge in [0, 0.05) is 18.6 Å². The van der Waals surface area contributed by atoms with E-state index in [1.807, 2.05) is 0 Å². The van der Waals surface area contributed by atoms with Crippen LogP contribution in [0.25, 0.3) is 0 Å². The first-order valence-corrected chi connectivity index (χ1v) is 4.76. The Labute approximate surface area is 69.8 Å². The van der Waals surface area contributed by atoms with Gasteiger partial charge in [-0.2, -0.15) is 0 Å². The highest BCUT2D eigenvalue weighted by atomic mass is 15.0. The lowest BCUT2D eigenvalue weighted by molar-refractivity contribution is 0.374. The van der Waals surface area contributed by atoms with Crippen LogP contribution in [0.3, 0.4) is 0 Å². The van der Waals surface area contributed by atoms with Gasteiger partial charge in [-0.3, -0.25) is 0 Å². The third-order valence-corrected chi connectivity index (χ3v) is 2.18. The molecule has 1 aliphatic heterocycles. The highest BCUT2D eigenvalue weighted by Crippen LogP contribution is 2.05. The fraction of sp³-hybridized carbons (Fsp3) is 1.00. The van der Waals surface area contributed by atoms with Crippen LogP contribution in [0.15, 0.2) is 0 Å². The van der Waals surface area contributed by atoms with Crippen LogP contribution in [-0.4, -0.2) is 25.2 Å². The summed E-state index contributed by atoms with van der Waals surface area (Å²) in [4.78, 5) is 0. The van der Waals surface area contributed by atoms with E-state index in [2.05, 4.69) is 24.5 Å². The molecule has 1 rings (SSSR count). The van der Waals surface area contributed by atoms with Gasteiger partial charge in [0.25, 0.3) is 0 Å². The van der Waals surface area contributed by atoms with Gasteiger partial charge in [-0.1, -0.05) is 20.3 Å². The topological polar surface area (TPSA) is 24.1 Å². The molecule has 0 aromatic carbocycles. The van der Waals surface area contributed by atoms with Crippen molar-refractivity contribution in [1.29, 1.82) is 0 Å². The molecule has 1 atom stereocenters. The summed E-state index contributed by atoms with van der Waals surface area (Å²) in [7, 11) is 0. The van der Waals surface area contributed by atoms with E-state index in [1.165, 1.54) is 25.8 Å². The Balaban J connectivity index is 2.05. The molecule has 66 valence electrons. The fourth-order valence-electron chi connectivity index (χ4n) is 1.48. The van der Waals surface area contributed by atoms with E-state index >= 15 is 0 Å². The minimum absolute atomic E-state index is 0.624. The lowest BCUT2D eigenvalue weighted by Crippen LogP contribution is -2.43. The molecular formula is C9H20N2. The number of rotatable bonds is 3. The van der Waals surface area contributed by atoms with Gasteiger partial charge >= 0.3 is 0 Å². The molecule has 2 N–H and O–H groups in total. The van der Waals surface area contributed by atoms with Crippen molar-refractivity contribution in [1.82, 2.24) is 10.6 Å². The summed E-state index contributed by atoms with van der Waals surface area (Å²) in [5.74, 6) is 0. The smallest absolute Gasteiger partial charge is 0.0192 e. The van der Waals surface area contributed by atoms with Crippen molar-refractivity contribution < 1.29 is 0 Å². The largest absolute Gasteiger partial charge is 0.313 e. The van der Waals surface area contributed by atoms with Gasteiger partial charge in [-0.05, 0) is 19.4 Å². The van der Waals surface area contributed by atoms with Gasteiger partial charge in [0.15, 0.2) is 0 Å². The van der Waals surface area contributed by atoms with Crippen LogP contribution in [-0.2, 0) is 0 Å². The van der Waals surface area contributed by atoms with Gasteiger partial charge in [-0.15, -0.1) is 0 Å². The van der Waals surface area contributed by atoms with E-state index in [4.69, 9.17) is 0 Å². The summed E-state index contributed by atoms with van der Waals surface area (Å²) in [5, 5.41) is 6.96. The average Bonchev–Trinajstić information content (AvgIpc) is 2.03. The lowest BCUT2D eigenvalue weighted by Gasteiger charge is -2.24. The van der Waals surface area contributed by atoms with Crippen molar-refractivity contribution in [3.63, 3.8) is 0 Å². The third kappa shape index (κ3) is 3.73. The van der Waals surface area contributed by atoms with Crippen molar-refractivity contribution in [3.05, 3.63) is 0 Å². The molecule has 0 aromatic rings. The van der Waals surface area contributed by atoms with Gasteiger partial charge in [0.2, 0.25) is 0 Å². The highest BCUT2D eigenvalue weighted by molar-refractivity contribution is 4.74. The number of nitrogens with one attached hydrogen (secondary N) is 2. The van der Waals surface area contributed by atoms with Crippen LogP contribution < -0.4 is 10.6 Å². The molecular weight excluding hydrogens is 136 g/mol. The highest BCUT2D eigenvalue weighted by Gasteiger charge is 2.11. The molecule has 1 aliphatic rings. The molecule has 0 aliphatic carbocycles. The maximum absolute atomic E-state index is 3.51. The Morgan fingerprint density at radius 3 is 2.82 bits per heavy atom. The molecule has 1 heterocycles. The summed E-state index contributed by atoms with van der Waals surface area (Å²) >= 11 is 0. The molecule has 0 radical (unpaired) electrons. The number of piperidine rings is 1. The normalized spacial score (nSPS) is 25.9. The average molecular weight is 156 g/mol. The van der Waals surface area contributed by atoms with E-state index in [0.717, 1.165) is 12.6 Å². The van der Waals surface area contributed by atoms with Crippen molar-refractivity contribution in [2.24, 2.45) is 0 Å². The molecule has 0 saturated carbocycles. The van der Waals surface area contributed by atoms with Crippen molar-refractivity contribution in [3.8, 4) is 0 Å². The monoisotopic (exact) mass is 156 g/mol. The summed E-state index contributed by atoms with van der Waals surface area (Å²) < 4.78 is 0. The molecule has 0 amide bonds. The summed E-state index contributed by atoms with van der Waals surface area (Å²) in [5.41, 5.74) is 0. The van der Waals surface area contributed by atoms with Crippen LogP contribution in [0.1, 0.15) is 33.1 Å². The van der Waals surface area contributed by atoms with Gasteiger partial charge < -0.3 is 10.6 Å². The van der Waals surface area contributed by atoms with Crippen LogP contribution in [0.2, 0.25) is 0 Å². The summed E-state index contributed by atoms with van der Waals surface area (Å²) in [6, 6.07) is 1.35. The summed E-state index contributed by atoms with van der Waals surface area (Å²) in [6.07, 6.45) is 4.11. The third-order valence-electron chi connectivity index (χ3n) is 2.18. The maximum Gasteiger partial charge on any atom is 0.0192 e. The van der Waals surface area contributed by atoms with Crippen molar-refractivity contribution in [2.45, 2.75) is 45.2 Å². The maximum atomic E-state index is 3.51. The SMILES string of the molecule is CC(C)NC[C@H]1CCCCN1. The molecule has 0 bridgehead atoms. The second-order valence-electron chi connectivity index (χ2n) is 3.71. The van der Waals surface area contributed by atoms with E-state index in [1.54, 1.807) is 0 Å². The van der Waals surface area contributed by atoms with E-state index in [-0.39, 0.29) is 0 Å². The standard InChI is InChI=1S/C9H20N2/c1-8(2)11-7-9-5-3-4-6-10-9/h8-11H,3-7H2,1-2H3/t9-/m1/s1. The van der Waals surface area contributed by atoms with Crippen molar-refractivity contribution in [2.75, 3.05) is 13.1 Å². The van der Waals surface area contributed by atoms with E-state index in [0.29, 0.717) is 6.04 Å². The first kappa shape index (κ1) is 9.01. The van der Waals surface area contributed by atoms with Crippen molar-refractivity contribution >= 4 is 0 Å². The Morgan fingerprint density at radius 1 is 1.45 bits per heavy atom. The minimum Gasteiger partial charge on any atom is -0.313 e.